The molecule has 3 unspecified atom stereocenters. The molecular formula is C21H36N2O5PU-. The summed E-state index contributed by atoms with van der Waals surface area (Å²) in [4.78, 5) is 0. The number of hydrogen-bond donors (Lipinski definition) is 0. The molecule has 5 atom stereocenters. The first-order valence-corrected chi connectivity index (χ1v) is 11.0. The van der Waals surface area contributed by atoms with Gasteiger partial charge in [-0.2, -0.15) is 11.9 Å². The van der Waals surface area contributed by atoms with Gasteiger partial charge < -0.3 is 23.3 Å². The van der Waals surface area contributed by atoms with Crippen LogP contribution < -0.4 is 0 Å². The van der Waals surface area contributed by atoms with E-state index in [1.165, 1.54) is 0 Å². The molecule has 170 valence electrons. The Bertz CT molecular complexity index is 585. The summed E-state index contributed by atoms with van der Waals surface area (Å²) in [6, 6.07) is 2.40. The largest absolute Gasteiger partial charge is 0.544 e. The molecule has 0 amide bonds. The van der Waals surface area contributed by atoms with Gasteiger partial charge in [-0.25, -0.2) is 4.67 Å². The summed E-state index contributed by atoms with van der Waals surface area (Å²) in [6.45, 7) is 12.4. The van der Waals surface area contributed by atoms with Crippen LogP contribution in [0.25, 0.3) is 0 Å². The average molecular weight is 669 g/mol. The predicted molar refractivity (Wildman–Crippen MR) is 115 cm³/mol. The van der Waals surface area contributed by atoms with Gasteiger partial charge in [0.1, 0.15) is 0 Å². The van der Waals surface area contributed by atoms with E-state index >= 15 is 0 Å². The third-order valence-corrected chi connectivity index (χ3v) is 6.17. The van der Waals surface area contributed by atoms with Crippen molar-refractivity contribution in [2.45, 2.75) is 71.4 Å². The third-order valence-electron chi connectivity index (χ3n) is 4.04. The van der Waals surface area contributed by atoms with E-state index in [1.54, 1.807) is 6.61 Å². The number of nitriles is 1. The zero-order chi connectivity index (χ0) is 23.2. The minimum atomic E-state index is -1.51. The van der Waals surface area contributed by atoms with Gasteiger partial charge in [-0.1, -0.05) is 24.3 Å². The number of allylic oxidation sites excluding steroid dienone is 3. The van der Waals surface area contributed by atoms with Crippen LogP contribution in [0.5, 0.6) is 0 Å². The summed E-state index contributed by atoms with van der Waals surface area (Å²) in [7, 11) is -2.92. The number of rotatable bonds is 14. The van der Waals surface area contributed by atoms with Crippen molar-refractivity contribution in [2.75, 3.05) is 26.9 Å². The van der Waals surface area contributed by atoms with Crippen LogP contribution in [0.1, 0.15) is 43.8 Å². The smallest absolute Gasteiger partial charge is 0.259 e. The Labute approximate surface area is 210 Å². The van der Waals surface area contributed by atoms with Crippen LogP contribution in [-0.4, -0.2) is 61.9 Å². The quantitative estimate of drug-likeness (QED) is 0.118. The van der Waals surface area contributed by atoms with Crippen LogP contribution in [0.4, 0.5) is 0 Å². The molecule has 0 aliphatic carbocycles. The zero-order valence-corrected chi connectivity index (χ0v) is 23.6. The Balaban J connectivity index is 0.00000961. The zero-order valence-electron chi connectivity index (χ0n) is 20.6. The summed E-state index contributed by atoms with van der Waals surface area (Å²) in [5.41, 5.74) is 0. The maximum Gasteiger partial charge on any atom is 0.259 e. The molecule has 1 aliphatic heterocycles. The van der Waals surface area contributed by atoms with Gasteiger partial charge in [-0.3, -0.25) is 0 Å². The van der Waals surface area contributed by atoms with E-state index in [0.29, 0.717) is 6.61 Å². The molecule has 7 nitrogen and oxygen atoms in total. The van der Waals surface area contributed by atoms with E-state index in [0.717, 1.165) is 0 Å². The first-order valence-electron chi connectivity index (χ1n) is 11.1. The molecule has 0 N–H and O–H groups in total. The van der Waals surface area contributed by atoms with E-state index in [9.17, 15) is 0 Å². The number of methoxy groups -OCH3 is 1. The van der Waals surface area contributed by atoms with Gasteiger partial charge in [-0.05, 0) is 40.7 Å². The van der Waals surface area contributed by atoms with Crippen LogP contribution >= 0.6 is 8.53 Å². The fourth-order valence-corrected chi connectivity index (χ4v) is 4.61. The normalized spacial score (nSPS) is 25.0. The maximum absolute atomic E-state index is 8.90. The molecular weight excluding hydrogens is 629 g/mol. The van der Waals surface area contributed by atoms with Gasteiger partial charge >= 0.3 is 0 Å². The van der Waals surface area contributed by atoms with Crippen LogP contribution in [0.15, 0.2) is 24.3 Å². The minimum absolute atomic E-state index is 0. The van der Waals surface area contributed by atoms with Crippen molar-refractivity contribution in [3.05, 3.63) is 30.9 Å². The Morgan fingerprint density at radius 2 is 2.10 bits per heavy atom. The van der Waals surface area contributed by atoms with E-state index in [1.807, 2.05) is 31.2 Å². The van der Waals surface area contributed by atoms with Gasteiger partial charge in [0.05, 0.1) is 47.3 Å². The van der Waals surface area contributed by atoms with Gasteiger partial charge in [0.25, 0.3) is 8.53 Å². The summed E-state index contributed by atoms with van der Waals surface area (Å²) in [6.07, 6.45) is 6.35. The third kappa shape index (κ3) is 10.7. The van der Waals surface area contributed by atoms with Gasteiger partial charge in [-0.15, -0.1) is 0 Å². The summed E-state index contributed by atoms with van der Waals surface area (Å²) in [5.74, 6) is 0. The van der Waals surface area contributed by atoms with Crippen molar-refractivity contribution in [1.82, 2.24) is 4.67 Å². The first kappa shape index (κ1) is 26.5. The Morgan fingerprint density at radius 1 is 1.37 bits per heavy atom. The molecule has 0 bridgehead atoms. The van der Waals surface area contributed by atoms with Crippen molar-refractivity contribution < 1.29 is 57.1 Å². The summed E-state index contributed by atoms with van der Waals surface area (Å²) in [5, 5.41) is 8.90. The molecule has 9 heteroatoms. The second-order valence-corrected chi connectivity index (χ2v) is 8.42. The van der Waals surface area contributed by atoms with Gasteiger partial charge in [0, 0.05) is 50.3 Å². The van der Waals surface area contributed by atoms with Crippen LogP contribution in [0.2, 0.25) is 0 Å². The van der Waals surface area contributed by atoms with Crippen LogP contribution in [0, 0.1) is 49.1 Å². The second-order valence-electron chi connectivity index (χ2n) is 7.01. The van der Waals surface area contributed by atoms with Crippen molar-refractivity contribution in [1.29, 1.82) is 5.26 Å². The van der Waals surface area contributed by atoms with E-state index in [-0.39, 0.29) is 62.8 Å². The fourth-order valence-electron chi connectivity index (χ4n) is 2.85. The van der Waals surface area contributed by atoms with Crippen LogP contribution in [0.3, 0.4) is 0 Å². The molecule has 0 spiro atoms. The number of hydrogen-bond acceptors (Lipinski definition) is 7. The number of ether oxygens (including phenoxy) is 3. The molecule has 1 heterocycles. The first-order chi connectivity index (χ1) is 14.8. The van der Waals surface area contributed by atoms with Crippen molar-refractivity contribution >= 4 is 8.53 Å². The van der Waals surface area contributed by atoms with Crippen molar-refractivity contribution in [2.24, 2.45) is 0 Å². The predicted octanol–water partition coefficient (Wildman–Crippen LogP) is 4.37. The van der Waals surface area contributed by atoms with Crippen molar-refractivity contribution in [3.8, 4) is 6.07 Å². The Hall–Kier alpha value is 0.212. The fraction of sp³-hybridized carbons (Fsp3) is 0.714. The molecule has 0 radical (unpaired) electrons. The Kier molecular flexibility index (Phi) is 15.6. The van der Waals surface area contributed by atoms with E-state index < -0.39 is 33.9 Å². The average Bonchev–Trinajstić information content (AvgIpc) is 3.07. The summed E-state index contributed by atoms with van der Waals surface area (Å²) < 4.78 is 45.9. The van der Waals surface area contributed by atoms with E-state index in [2.05, 4.69) is 38.4 Å². The molecule has 0 aromatic carbocycles. The topological polar surface area (TPSA) is 73.2 Å². The molecule has 1 aliphatic rings. The van der Waals surface area contributed by atoms with Gasteiger partial charge in [0.15, 0.2) is 0 Å². The molecule has 0 saturated carbocycles. The Morgan fingerprint density at radius 3 is 2.70 bits per heavy atom. The van der Waals surface area contributed by atoms with Crippen LogP contribution in [-0.2, 0) is 23.3 Å². The molecule has 30 heavy (non-hydrogen) atoms. The minimum Gasteiger partial charge on any atom is -0.544 e. The summed E-state index contributed by atoms with van der Waals surface area (Å²) >= 11 is 0. The molecule has 1 rings (SSSR count). The number of nitrogens with zero attached hydrogens (tertiary/aromatic N) is 2. The molecule has 0 aromatic heterocycles. The monoisotopic (exact) mass is 668 g/mol. The molecule has 1 fully saturated rings. The SMILES string of the molecule is [2H]C([3H])OC[C@H]1O[CH-]C(OC/C=C/C=C/C)[C@H]1OP(OCCC#N)N(C(C)C)C(C)C.[U]. The van der Waals surface area contributed by atoms with Gasteiger partial charge in [0.2, 0.25) is 0 Å². The molecule has 1 saturated heterocycles. The molecule has 0 aromatic rings. The van der Waals surface area contributed by atoms with E-state index in [4.69, 9.17) is 31.3 Å². The second kappa shape index (κ2) is 17.7. The standard InChI is InChI=1S/C21H36N2O5P.U/c1-7-8-9-10-13-25-20-16-26-19(15-24-6)21(20)28-29(27-14-11-12-22)23(17(2)3)18(4)5;/h7-10,16-21H,11,13-15H2,1-6H3;/q-1;/b8-7+,10-9+;/t19-,20?,21+,29?;/m1./s1/i6TD;/t6?,19-,20?,21+,29?;. The maximum atomic E-state index is 8.90. The van der Waals surface area contributed by atoms with Crippen molar-refractivity contribution in [3.63, 3.8) is 0 Å².